The van der Waals surface area contributed by atoms with E-state index in [1.807, 2.05) is 13.8 Å². The van der Waals surface area contributed by atoms with Crippen molar-refractivity contribution in [1.82, 2.24) is 10.9 Å². The number of para-hydroxylation sites is 1. The fraction of sp³-hybridized carbons (Fsp3) is 0.375. The van der Waals surface area contributed by atoms with Gasteiger partial charge in [0.1, 0.15) is 6.42 Å². The van der Waals surface area contributed by atoms with Gasteiger partial charge in [0, 0.05) is 0 Å². The molecule has 0 aromatic heterocycles. The molecule has 0 atom stereocenters. The number of hydrogen-bond donors (Lipinski definition) is 3. The number of carbonyl (C=O) groups excluding carboxylic acids is 3. The molecule has 0 radical (unpaired) electrons. The molecule has 0 fully saturated rings. The molecule has 0 saturated heterocycles. The highest BCUT2D eigenvalue weighted by atomic mass is 16.6. The Kier molecular flexibility index (Phi) is 7.78. The van der Waals surface area contributed by atoms with Crippen molar-refractivity contribution in [2.24, 2.45) is 5.92 Å². The highest BCUT2D eigenvalue weighted by Crippen LogP contribution is 2.14. The second kappa shape index (κ2) is 9.84. The third-order valence-electron chi connectivity index (χ3n) is 2.89. The summed E-state index contributed by atoms with van der Waals surface area (Å²) in [6, 6.07) is 7.95. The van der Waals surface area contributed by atoms with Crippen LogP contribution in [0.1, 0.15) is 37.0 Å². The Morgan fingerprint density at radius 2 is 1.92 bits per heavy atom. The van der Waals surface area contributed by atoms with E-state index in [1.54, 1.807) is 18.2 Å². The summed E-state index contributed by atoms with van der Waals surface area (Å²) in [5.74, 6) is -0.751. The maximum atomic E-state index is 12.1. The first-order valence-corrected chi connectivity index (χ1v) is 7.43. The first-order chi connectivity index (χ1) is 11.4. The summed E-state index contributed by atoms with van der Waals surface area (Å²) < 4.78 is 4.90. The van der Waals surface area contributed by atoms with E-state index in [2.05, 4.69) is 16.2 Å². The monoisotopic (exact) mass is 332 g/mol. The number of ether oxygens (including phenoxy) is 1. The first-order valence-electron chi connectivity index (χ1n) is 7.43. The topological polar surface area (TPSA) is 120 Å². The van der Waals surface area contributed by atoms with Crippen LogP contribution in [0.4, 0.5) is 10.5 Å². The fourth-order valence-electron chi connectivity index (χ4n) is 1.65. The van der Waals surface area contributed by atoms with Gasteiger partial charge in [-0.1, -0.05) is 26.0 Å². The van der Waals surface area contributed by atoms with E-state index in [4.69, 9.17) is 10.00 Å². The van der Waals surface area contributed by atoms with E-state index in [0.29, 0.717) is 5.92 Å². The molecule has 24 heavy (non-hydrogen) atoms. The summed E-state index contributed by atoms with van der Waals surface area (Å²) in [4.78, 5) is 35.0. The second-order valence-electron chi connectivity index (χ2n) is 5.33. The summed E-state index contributed by atoms with van der Waals surface area (Å²) in [6.07, 6.45) is -0.374. The van der Waals surface area contributed by atoms with Crippen LogP contribution < -0.4 is 16.2 Å². The number of nitrogens with one attached hydrogen (secondary N) is 3. The number of nitriles is 1. The third kappa shape index (κ3) is 6.79. The molecule has 8 nitrogen and oxygen atoms in total. The van der Waals surface area contributed by atoms with Crippen LogP contribution in [-0.2, 0) is 9.53 Å². The molecule has 0 bridgehead atoms. The minimum atomic E-state index is -0.769. The Morgan fingerprint density at radius 3 is 2.58 bits per heavy atom. The molecule has 0 aliphatic carbocycles. The van der Waals surface area contributed by atoms with Crippen molar-refractivity contribution in [3.05, 3.63) is 29.8 Å². The molecule has 1 rings (SSSR count). The lowest BCUT2D eigenvalue weighted by molar-refractivity contribution is -0.115. The molecular formula is C16H20N4O4. The Bertz CT molecular complexity index is 637. The van der Waals surface area contributed by atoms with Crippen molar-refractivity contribution >= 4 is 23.6 Å². The molecule has 3 N–H and O–H groups in total. The van der Waals surface area contributed by atoms with Crippen LogP contribution in [0.5, 0.6) is 0 Å². The normalized spacial score (nSPS) is 9.75. The molecule has 0 spiro atoms. The van der Waals surface area contributed by atoms with Gasteiger partial charge in [-0.2, -0.15) is 5.26 Å². The van der Waals surface area contributed by atoms with Gasteiger partial charge in [-0.25, -0.2) is 10.2 Å². The maximum Gasteiger partial charge on any atom is 0.426 e. The van der Waals surface area contributed by atoms with Crippen molar-refractivity contribution in [2.45, 2.75) is 26.7 Å². The number of nitrogens with zero attached hydrogens (tertiary/aromatic N) is 1. The molecule has 3 amide bonds. The predicted octanol–water partition coefficient (Wildman–Crippen LogP) is 1.96. The summed E-state index contributed by atoms with van der Waals surface area (Å²) in [5, 5.41) is 11.0. The molecular weight excluding hydrogens is 312 g/mol. The van der Waals surface area contributed by atoms with Crippen LogP contribution in [0.3, 0.4) is 0 Å². The molecule has 0 unspecified atom stereocenters. The van der Waals surface area contributed by atoms with Gasteiger partial charge in [0.15, 0.2) is 0 Å². The zero-order valence-electron chi connectivity index (χ0n) is 13.6. The smallest absolute Gasteiger partial charge is 0.426 e. The van der Waals surface area contributed by atoms with Crippen molar-refractivity contribution < 1.29 is 19.1 Å². The SMILES string of the molecule is CC(C)CCOC(=O)NNC(=O)c1ccccc1NC(=O)CC#N. The quantitative estimate of drug-likeness (QED) is 0.688. The number of carbonyl (C=O) groups is 3. The zero-order valence-corrected chi connectivity index (χ0v) is 13.6. The summed E-state index contributed by atoms with van der Waals surface area (Å²) in [6.45, 7) is 4.25. The summed E-state index contributed by atoms with van der Waals surface area (Å²) >= 11 is 0. The lowest BCUT2D eigenvalue weighted by atomic mass is 10.1. The van der Waals surface area contributed by atoms with Gasteiger partial charge in [0.2, 0.25) is 5.91 Å². The van der Waals surface area contributed by atoms with E-state index in [0.717, 1.165) is 6.42 Å². The average Bonchev–Trinajstić information content (AvgIpc) is 2.53. The lowest BCUT2D eigenvalue weighted by Gasteiger charge is -2.12. The Morgan fingerprint density at radius 1 is 1.21 bits per heavy atom. The van der Waals surface area contributed by atoms with Crippen molar-refractivity contribution in [3.8, 4) is 6.07 Å². The molecule has 0 heterocycles. The van der Waals surface area contributed by atoms with E-state index in [1.165, 1.54) is 12.1 Å². The predicted molar refractivity (Wildman–Crippen MR) is 86.7 cm³/mol. The van der Waals surface area contributed by atoms with Crippen LogP contribution >= 0.6 is 0 Å². The van der Waals surface area contributed by atoms with Crippen LogP contribution in [0.25, 0.3) is 0 Å². The van der Waals surface area contributed by atoms with Gasteiger partial charge in [0.05, 0.1) is 23.9 Å². The van der Waals surface area contributed by atoms with Crippen molar-refractivity contribution in [1.29, 1.82) is 5.26 Å². The Hall–Kier alpha value is -3.08. The highest BCUT2D eigenvalue weighted by Gasteiger charge is 2.14. The van der Waals surface area contributed by atoms with Gasteiger partial charge in [-0.05, 0) is 24.5 Å². The first kappa shape index (κ1) is 19.0. The lowest BCUT2D eigenvalue weighted by Crippen LogP contribution is -2.42. The second-order valence-corrected chi connectivity index (χ2v) is 5.33. The highest BCUT2D eigenvalue weighted by molar-refractivity contribution is 6.04. The standard InChI is InChI=1S/C16H20N4O4/c1-11(2)8-10-24-16(23)20-19-15(22)12-5-3-4-6-13(12)18-14(21)7-9-17/h3-6,11H,7-8,10H2,1-2H3,(H,18,21)(H,19,22)(H,20,23). The van der Waals surface area contributed by atoms with Crippen LogP contribution in [-0.4, -0.2) is 24.5 Å². The van der Waals surface area contributed by atoms with E-state index in [9.17, 15) is 14.4 Å². The molecule has 0 aliphatic rings. The molecule has 1 aromatic rings. The van der Waals surface area contributed by atoms with E-state index in [-0.39, 0.29) is 24.3 Å². The summed E-state index contributed by atoms with van der Waals surface area (Å²) in [5.41, 5.74) is 4.72. The average molecular weight is 332 g/mol. The molecule has 1 aromatic carbocycles. The Labute approximate surface area is 140 Å². The number of amides is 3. The number of hydrazine groups is 1. The molecule has 0 aliphatic heterocycles. The van der Waals surface area contributed by atoms with E-state index >= 15 is 0 Å². The van der Waals surface area contributed by atoms with Gasteiger partial charge >= 0.3 is 6.09 Å². The minimum absolute atomic E-state index is 0.145. The largest absolute Gasteiger partial charge is 0.448 e. The molecule has 8 heteroatoms. The molecule has 128 valence electrons. The molecule has 0 saturated carbocycles. The van der Waals surface area contributed by atoms with Gasteiger partial charge in [-0.3, -0.25) is 15.0 Å². The minimum Gasteiger partial charge on any atom is -0.448 e. The number of hydrogen-bond acceptors (Lipinski definition) is 5. The maximum absolute atomic E-state index is 12.1. The van der Waals surface area contributed by atoms with Gasteiger partial charge in [-0.15, -0.1) is 0 Å². The van der Waals surface area contributed by atoms with Crippen molar-refractivity contribution in [3.63, 3.8) is 0 Å². The summed E-state index contributed by atoms with van der Waals surface area (Å²) in [7, 11) is 0. The van der Waals surface area contributed by atoms with Gasteiger partial charge in [0.25, 0.3) is 5.91 Å². The van der Waals surface area contributed by atoms with Crippen LogP contribution in [0.15, 0.2) is 24.3 Å². The van der Waals surface area contributed by atoms with Crippen molar-refractivity contribution in [2.75, 3.05) is 11.9 Å². The number of rotatable bonds is 6. The van der Waals surface area contributed by atoms with Gasteiger partial charge < -0.3 is 10.1 Å². The third-order valence-corrected chi connectivity index (χ3v) is 2.89. The number of benzene rings is 1. The number of anilines is 1. The van der Waals surface area contributed by atoms with E-state index < -0.39 is 17.9 Å². The van der Waals surface area contributed by atoms with Crippen LogP contribution in [0, 0.1) is 17.2 Å². The fourth-order valence-corrected chi connectivity index (χ4v) is 1.65. The Balaban J connectivity index is 2.57. The zero-order chi connectivity index (χ0) is 17.9. The van der Waals surface area contributed by atoms with Crippen LogP contribution in [0.2, 0.25) is 0 Å².